The zero-order valence-electron chi connectivity index (χ0n) is 6.89. The number of hydrogen-bond donors (Lipinski definition) is 1. The lowest BCUT2D eigenvalue weighted by Crippen LogP contribution is -1.98. The van der Waals surface area contributed by atoms with Gasteiger partial charge in [0, 0.05) is 0 Å². The van der Waals surface area contributed by atoms with Crippen molar-refractivity contribution in [3.63, 3.8) is 0 Å². The van der Waals surface area contributed by atoms with E-state index >= 15 is 0 Å². The Morgan fingerprint density at radius 3 is 2.33 bits per heavy atom. The van der Waals surface area contributed by atoms with E-state index in [4.69, 9.17) is 16.7 Å². The second-order valence-corrected chi connectivity index (χ2v) is 3.13. The molecule has 12 heavy (non-hydrogen) atoms. The number of carboxylic acid groups (broad SMARTS) is 1. The first-order chi connectivity index (χ1) is 5.52. The van der Waals surface area contributed by atoms with E-state index in [0.717, 1.165) is 11.1 Å². The van der Waals surface area contributed by atoms with Crippen LogP contribution in [0, 0.1) is 13.8 Å². The van der Waals surface area contributed by atoms with Gasteiger partial charge in [0.1, 0.15) is 0 Å². The Balaban J connectivity index is 3.33. The van der Waals surface area contributed by atoms with E-state index in [2.05, 4.69) is 0 Å². The van der Waals surface area contributed by atoms with E-state index in [1.807, 2.05) is 13.8 Å². The van der Waals surface area contributed by atoms with Gasteiger partial charge in [-0.15, -0.1) is 0 Å². The quantitative estimate of drug-likeness (QED) is 0.729. The van der Waals surface area contributed by atoms with Gasteiger partial charge in [-0.3, -0.25) is 0 Å². The number of carboxylic acids is 1. The second kappa shape index (κ2) is 3.15. The Kier molecular flexibility index (Phi) is 2.38. The van der Waals surface area contributed by atoms with Crippen molar-refractivity contribution in [3.05, 3.63) is 33.8 Å². The summed E-state index contributed by atoms with van der Waals surface area (Å²) in [6.45, 7) is 3.75. The number of aromatic carboxylic acids is 1. The molecule has 2 nitrogen and oxygen atoms in total. The highest BCUT2D eigenvalue weighted by Crippen LogP contribution is 2.20. The highest BCUT2D eigenvalue weighted by atomic mass is 35.5. The lowest BCUT2D eigenvalue weighted by Gasteiger charge is -2.03. The van der Waals surface area contributed by atoms with Crippen molar-refractivity contribution in [3.8, 4) is 0 Å². The third-order valence-electron chi connectivity index (χ3n) is 1.81. The minimum absolute atomic E-state index is 0.166. The summed E-state index contributed by atoms with van der Waals surface area (Å²) in [5.74, 6) is -0.983. The molecule has 0 saturated heterocycles. The summed E-state index contributed by atoms with van der Waals surface area (Å²) in [6.07, 6.45) is 0. The maximum atomic E-state index is 10.6. The van der Waals surface area contributed by atoms with Gasteiger partial charge in [0.25, 0.3) is 0 Å². The molecule has 0 spiro atoms. The molecular weight excluding hydrogens is 176 g/mol. The maximum absolute atomic E-state index is 10.6. The van der Waals surface area contributed by atoms with E-state index in [1.165, 1.54) is 0 Å². The SMILES string of the molecule is Cc1cc(Cl)c(C(=O)O)cc1C. The average Bonchev–Trinajstić information content (AvgIpc) is 1.96. The van der Waals surface area contributed by atoms with Gasteiger partial charge >= 0.3 is 5.97 Å². The molecule has 0 bridgehead atoms. The van der Waals surface area contributed by atoms with Gasteiger partial charge in [-0.25, -0.2) is 4.79 Å². The molecule has 0 saturated carbocycles. The van der Waals surface area contributed by atoms with Crippen LogP contribution in [-0.4, -0.2) is 11.1 Å². The van der Waals surface area contributed by atoms with Gasteiger partial charge < -0.3 is 5.11 Å². The fourth-order valence-electron chi connectivity index (χ4n) is 0.945. The van der Waals surface area contributed by atoms with Crippen LogP contribution in [0.25, 0.3) is 0 Å². The van der Waals surface area contributed by atoms with Gasteiger partial charge in [0.2, 0.25) is 0 Å². The largest absolute Gasteiger partial charge is 0.478 e. The third-order valence-corrected chi connectivity index (χ3v) is 2.13. The van der Waals surface area contributed by atoms with Gasteiger partial charge in [-0.2, -0.15) is 0 Å². The van der Waals surface area contributed by atoms with Crippen LogP contribution in [0.2, 0.25) is 5.02 Å². The van der Waals surface area contributed by atoms with E-state index in [-0.39, 0.29) is 5.56 Å². The number of benzene rings is 1. The molecule has 0 aliphatic carbocycles. The molecule has 1 aromatic rings. The average molecular weight is 185 g/mol. The summed E-state index contributed by atoms with van der Waals surface area (Å²) in [5.41, 5.74) is 2.11. The Morgan fingerprint density at radius 2 is 1.83 bits per heavy atom. The van der Waals surface area contributed by atoms with Crippen molar-refractivity contribution in [2.45, 2.75) is 13.8 Å². The van der Waals surface area contributed by atoms with E-state index in [9.17, 15) is 4.79 Å². The fraction of sp³-hybridized carbons (Fsp3) is 0.222. The highest BCUT2D eigenvalue weighted by Gasteiger charge is 2.09. The number of rotatable bonds is 1. The number of carbonyl (C=O) groups is 1. The number of aryl methyl sites for hydroxylation is 2. The molecule has 0 aliphatic heterocycles. The summed E-state index contributed by atoms with van der Waals surface area (Å²) in [6, 6.07) is 3.25. The summed E-state index contributed by atoms with van der Waals surface area (Å²) in [4.78, 5) is 10.6. The predicted molar refractivity (Wildman–Crippen MR) is 47.9 cm³/mol. The van der Waals surface area contributed by atoms with Gasteiger partial charge in [0.15, 0.2) is 0 Å². The summed E-state index contributed by atoms with van der Waals surface area (Å²) in [5, 5.41) is 8.99. The molecule has 0 aromatic heterocycles. The van der Waals surface area contributed by atoms with Crippen LogP contribution < -0.4 is 0 Å². The highest BCUT2D eigenvalue weighted by molar-refractivity contribution is 6.33. The van der Waals surface area contributed by atoms with Gasteiger partial charge in [-0.05, 0) is 37.1 Å². The van der Waals surface area contributed by atoms with Crippen molar-refractivity contribution in [2.75, 3.05) is 0 Å². The molecule has 0 amide bonds. The minimum Gasteiger partial charge on any atom is -0.478 e. The van der Waals surface area contributed by atoms with Gasteiger partial charge in [0.05, 0.1) is 10.6 Å². The zero-order chi connectivity index (χ0) is 9.30. The van der Waals surface area contributed by atoms with Crippen molar-refractivity contribution >= 4 is 17.6 Å². The molecule has 1 N–H and O–H groups in total. The first kappa shape index (κ1) is 9.07. The van der Waals surface area contributed by atoms with Crippen LogP contribution >= 0.6 is 11.6 Å². The predicted octanol–water partition coefficient (Wildman–Crippen LogP) is 2.66. The molecule has 0 heterocycles. The van der Waals surface area contributed by atoms with Crippen LogP contribution in [0.5, 0.6) is 0 Å². The van der Waals surface area contributed by atoms with Crippen molar-refractivity contribution < 1.29 is 9.90 Å². The molecule has 3 heteroatoms. The monoisotopic (exact) mass is 184 g/mol. The Labute approximate surface area is 75.8 Å². The van der Waals surface area contributed by atoms with E-state index in [1.54, 1.807) is 12.1 Å². The number of halogens is 1. The molecule has 0 unspecified atom stereocenters. The van der Waals surface area contributed by atoms with E-state index in [0.29, 0.717) is 5.02 Å². The topological polar surface area (TPSA) is 37.3 Å². The first-order valence-electron chi connectivity index (χ1n) is 3.52. The molecule has 1 aromatic carbocycles. The summed E-state index contributed by atoms with van der Waals surface area (Å²) in [7, 11) is 0. The zero-order valence-corrected chi connectivity index (χ0v) is 7.64. The van der Waals surface area contributed by atoms with Crippen molar-refractivity contribution in [1.29, 1.82) is 0 Å². The lowest BCUT2D eigenvalue weighted by atomic mass is 10.1. The molecule has 1 rings (SSSR count). The van der Waals surface area contributed by atoms with Crippen LogP contribution in [0.4, 0.5) is 0 Å². The molecule has 64 valence electrons. The van der Waals surface area contributed by atoms with Crippen LogP contribution in [-0.2, 0) is 0 Å². The first-order valence-corrected chi connectivity index (χ1v) is 3.90. The smallest absolute Gasteiger partial charge is 0.337 e. The molecule has 0 aliphatic rings. The molecule has 0 fully saturated rings. The molecule has 0 atom stereocenters. The second-order valence-electron chi connectivity index (χ2n) is 2.72. The van der Waals surface area contributed by atoms with Crippen molar-refractivity contribution in [2.24, 2.45) is 0 Å². The van der Waals surface area contributed by atoms with E-state index < -0.39 is 5.97 Å². The minimum atomic E-state index is -0.983. The normalized spacial score (nSPS) is 9.92. The standard InChI is InChI=1S/C9H9ClO2/c1-5-3-7(9(11)12)8(10)4-6(5)2/h3-4H,1-2H3,(H,11,12). The van der Waals surface area contributed by atoms with Crippen LogP contribution in [0.15, 0.2) is 12.1 Å². The molecular formula is C9H9ClO2. The number of hydrogen-bond acceptors (Lipinski definition) is 1. The summed E-state index contributed by atoms with van der Waals surface area (Å²) < 4.78 is 0. The Morgan fingerprint density at radius 1 is 1.33 bits per heavy atom. The third kappa shape index (κ3) is 1.59. The summed E-state index contributed by atoms with van der Waals surface area (Å²) >= 11 is 5.72. The lowest BCUT2D eigenvalue weighted by molar-refractivity contribution is 0.0697. The van der Waals surface area contributed by atoms with Gasteiger partial charge in [-0.1, -0.05) is 11.6 Å². The molecule has 0 radical (unpaired) electrons. The van der Waals surface area contributed by atoms with Crippen molar-refractivity contribution in [1.82, 2.24) is 0 Å². The Bertz CT molecular complexity index is 332. The Hall–Kier alpha value is -1.02. The van der Waals surface area contributed by atoms with Crippen LogP contribution in [0.3, 0.4) is 0 Å². The van der Waals surface area contributed by atoms with Crippen LogP contribution in [0.1, 0.15) is 21.5 Å². The maximum Gasteiger partial charge on any atom is 0.337 e. The fourth-order valence-corrected chi connectivity index (χ4v) is 1.24.